The summed E-state index contributed by atoms with van der Waals surface area (Å²) in [7, 11) is 1.73. The fourth-order valence-corrected chi connectivity index (χ4v) is 3.40. The number of hydrogen-bond acceptors (Lipinski definition) is 4. The molecular formula is C22H30N6O. The van der Waals surface area contributed by atoms with Gasteiger partial charge in [0.25, 0.3) is 0 Å². The maximum atomic E-state index is 12.4. The van der Waals surface area contributed by atoms with Crippen LogP contribution >= 0.6 is 0 Å². The molecule has 2 aromatic heterocycles. The van der Waals surface area contributed by atoms with Gasteiger partial charge in [-0.15, -0.1) is 0 Å². The number of benzene rings is 1. The number of amides is 2. The van der Waals surface area contributed by atoms with E-state index in [4.69, 9.17) is 10.7 Å². The zero-order chi connectivity index (χ0) is 21.1. The van der Waals surface area contributed by atoms with Crippen LogP contribution in [0.1, 0.15) is 28.1 Å². The number of imidazole rings is 1. The summed E-state index contributed by atoms with van der Waals surface area (Å²) in [5.41, 5.74) is 13.8. The highest BCUT2D eigenvalue weighted by Gasteiger charge is 2.14. The number of aromatic nitrogens is 2. The minimum atomic E-state index is -0.190. The molecule has 1 aromatic carbocycles. The number of pyridine rings is 1. The van der Waals surface area contributed by atoms with Crippen molar-refractivity contribution in [1.29, 1.82) is 0 Å². The number of hydrogen-bond donors (Lipinski definition) is 3. The number of aryl methyl sites for hydroxylation is 4. The second-order valence-electron chi connectivity index (χ2n) is 7.48. The van der Waals surface area contributed by atoms with E-state index >= 15 is 0 Å². The topological polar surface area (TPSA) is 87.7 Å². The van der Waals surface area contributed by atoms with Gasteiger partial charge in [0.1, 0.15) is 0 Å². The van der Waals surface area contributed by atoms with Crippen molar-refractivity contribution >= 4 is 23.1 Å². The number of carbonyl (C=O) groups is 1. The van der Waals surface area contributed by atoms with Gasteiger partial charge in [0.2, 0.25) is 0 Å². The average Bonchev–Trinajstić information content (AvgIpc) is 2.96. The Balaban J connectivity index is 1.94. The number of nitrogens with two attached hydrogens (primary N) is 1. The van der Waals surface area contributed by atoms with Gasteiger partial charge in [0, 0.05) is 38.6 Å². The van der Waals surface area contributed by atoms with E-state index in [2.05, 4.69) is 42.7 Å². The van der Waals surface area contributed by atoms with Gasteiger partial charge in [0.05, 0.1) is 17.1 Å². The normalized spacial score (nSPS) is 11.0. The predicted molar refractivity (Wildman–Crippen MR) is 119 cm³/mol. The molecule has 0 saturated heterocycles. The van der Waals surface area contributed by atoms with Crippen LogP contribution in [0.25, 0.3) is 5.65 Å². The van der Waals surface area contributed by atoms with Crippen molar-refractivity contribution < 1.29 is 4.79 Å². The number of rotatable bonds is 6. The molecule has 0 spiro atoms. The van der Waals surface area contributed by atoms with E-state index in [1.165, 1.54) is 16.7 Å². The molecule has 0 radical (unpaired) electrons. The van der Waals surface area contributed by atoms with Crippen molar-refractivity contribution in [2.45, 2.75) is 34.2 Å². The molecule has 7 heteroatoms. The molecule has 0 aliphatic heterocycles. The molecule has 2 heterocycles. The van der Waals surface area contributed by atoms with Crippen LogP contribution in [0.2, 0.25) is 0 Å². The number of carbonyl (C=O) groups excluding carboxylic acids is 1. The Hall–Kier alpha value is -3.06. The number of fused-ring (bicyclic) bond motifs is 1. The van der Waals surface area contributed by atoms with Crippen molar-refractivity contribution in [3.05, 3.63) is 58.5 Å². The van der Waals surface area contributed by atoms with Crippen molar-refractivity contribution in [2.24, 2.45) is 5.73 Å². The lowest BCUT2D eigenvalue weighted by molar-refractivity contribution is 0.223. The van der Waals surface area contributed by atoms with Crippen LogP contribution in [0.15, 0.2) is 30.5 Å². The minimum Gasteiger partial charge on any atom is -0.378 e. The maximum absolute atomic E-state index is 12.4. The molecule has 154 valence electrons. The maximum Gasteiger partial charge on any atom is 0.321 e. The summed E-state index contributed by atoms with van der Waals surface area (Å²) < 4.78 is 2.01. The SMILES string of the molecule is Cc1cccc(C)c1CNc1cc(NC(=O)N(C)CCN)cn2c(C)c(C)nc12. The van der Waals surface area contributed by atoms with Crippen molar-refractivity contribution in [3.8, 4) is 0 Å². The summed E-state index contributed by atoms with van der Waals surface area (Å²) in [6, 6.07) is 8.05. The smallest absolute Gasteiger partial charge is 0.321 e. The van der Waals surface area contributed by atoms with Gasteiger partial charge >= 0.3 is 6.03 Å². The standard InChI is InChI=1S/C22H30N6O/c1-14-7-6-8-15(2)19(14)12-24-20-11-18(26-22(29)27(5)10-9-23)13-28-17(4)16(3)25-21(20)28/h6-8,11,13,24H,9-10,12,23H2,1-5H3,(H,26,29). The van der Waals surface area contributed by atoms with Gasteiger partial charge in [-0.2, -0.15) is 0 Å². The van der Waals surface area contributed by atoms with E-state index in [0.29, 0.717) is 25.3 Å². The summed E-state index contributed by atoms with van der Waals surface area (Å²) in [5.74, 6) is 0. The Kier molecular flexibility index (Phi) is 6.08. The molecule has 0 fully saturated rings. The lowest BCUT2D eigenvalue weighted by Gasteiger charge is -2.18. The molecule has 7 nitrogen and oxygen atoms in total. The Bertz CT molecular complexity index is 1020. The van der Waals surface area contributed by atoms with E-state index in [1.54, 1.807) is 11.9 Å². The fourth-order valence-electron chi connectivity index (χ4n) is 3.40. The molecule has 29 heavy (non-hydrogen) atoms. The molecule has 0 unspecified atom stereocenters. The minimum absolute atomic E-state index is 0.190. The van der Waals surface area contributed by atoms with Crippen LogP contribution in [-0.2, 0) is 6.54 Å². The first-order valence-electron chi connectivity index (χ1n) is 9.82. The quantitative estimate of drug-likeness (QED) is 0.596. The Labute approximate surface area is 171 Å². The van der Waals surface area contributed by atoms with Crippen molar-refractivity contribution in [2.75, 3.05) is 30.8 Å². The van der Waals surface area contributed by atoms with E-state index in [9.17, 15) is 4.79 Å². The van der Waals surface area contributed by atoms with Gasteiger partial charge in [-0.25, -0.2) is 9.78 Å². The van der Waals surface area contributed by atoms with Crippen LogP contribution in [0.3, 0.4) is 0 Å². The third-order valence-electron chi connectivity index (χ3n) is 5.36. The largest absolute Gasteiger partial charge is 0.378 e. The highest BCUT2D eigenvalue weighted by Crippen LogP contribution is 2.26. The summed E-state index contributed by atoms with van der Waals surface area (Å²) in [5, 5.41) is 6.49. The van der Waals surface area contributed by atoms with Gasteiger partial charge in [-0.1, -0.05) is 18.2 Å². The molecule has 0 atom stereocenters. The monoisotopic (exact) mass is 394 g/mol. The zero-order valence-electron chi connectivity index (χ0n) is 17.8. The number of nitrogens with one attached hydrogen (secondary N) is 2. The fraction of sp³-hybridized carbons (Fsp3) is 0.364. The molecule has 0 saturated carbocycles. The van der Waals surface area contributed by atoms with E-state index < -0.39 is 0 Å². The first-order valence-corrected chi connectivity index (χ1v) is 9.82. The van der Waals surface area contributed by atoms with Crippen LogP contribution in [0.5, 0.6) is 0 Å². The first kappa shape index (κ1) is 20.7. The second-order valence-corrected chi connectivity index (χ2v) is 7.48. The van der Waals surface area contributed by atoms with Gasteiger partial charge in [-0.05, 0) is 50.5 Å². The molecule has 0 aliphatic carbocycles. The number of anilines is 2. The Morgan fingerprint density at radius 2 is 1.90 bits per heavy atom. The molecule has 3 rings (SSSR count). The van der Waals surface area contributed by atoms with E-state index in [1.807, 2.05) is 30.5 Å². The van der Waals surface area contributed by atoms with Crippen LogP contribution in [0, 0.1) is 27.7 Å². The average molecular weight is 395 g/mol. The molecule has 0 bridgehead atoms. The lowest BCUT2D eigenvalue weighted by atomic mass is 10.0. The highest BCUT2D eigenvalue weighted by molar-refractivity contribution is 5.90. The molecule has 3 aromatic rings. The summed E-state index contributed by atoms with van der Waals surface area (Å²) in [4.78, 5) is 18.7. The summed E-state index contributed by atoms with van der Waals surface area (Å²) in [6.07, 6.45) is 1.91. The van der Waals surface area contributed by atoms with Gasteiger partial charge in [0.15, 0.2) is 5.65 Å². The second kappa shape index (κ2) is 8.53. The van der Waals surface area contributed by atoms with Crippen molar-refractivity contribution in [3.63, 3.8) is 0 Å². The van der Waals surface area contributed by atoms with Crippen LogP contribution < -0.4 is 16.4 Å². The zero-order valence-corrected chi connectivity index (χ0v) is 17.8. The van der Waals surface area contributed by atoms with Gasteiger partial charge in [-0.3, -0.25) is 0 Å². The third kappa shape index (κ3) is 4.35. The molecule has 0 aliphatic rings. The number of urea groups is 1. The number of likely N-dealkylation sites (N-methyl/N-ethyl adjacent to an activating group) is 1. The molecular weight excluding hydrogens is 364 g/mol. The predicted octanol–water partition coefficient (Wildman–Crippen LogP) is 3.60. The number of nitrogens with zero attached hydrogens (tertiary/aromatic N) is 3. The van der Waals surface area contributed by atoms with Crippen molar-refractivity contribution in [1.82, 2.24) is 14.3 Å². The van der Waals surface area contributed by atoms with Crippen LogP contribution in [-0.4, -0.2) is 40.5 Å². The van der Waals surface area contributed by atoms with Gasteiger partial charge < -0.3 is 25.7 Å². The summed E-state index contributed by atoms with van der Waals surface area (Å²) >= 11 is 0. The van der Waals surface area contributed by atoms with Crippen LogP contribution in [0.4, 0.5) is 16.2 Å². The molecule has 2 amide bonds. The highest BCUT2D eigenvalue weighted by atomic mass is 16.2. The van der Waals surface area contributed by atoms with E-state index in [0.717, 1.165) is 22.7 Å². The Morgan fingerprint density at radius 1 is 1.21 bits per heavy atom. The molecule has 4 N–H and O–H groups in total. The first-order chi connectivity index (χ1) is 13.8. The van der Waals surface area contributed by atoms with E-state index in [-0.39, 0.29) is 6.03 Å². The third-order valence-corrected chi connectivity index (χ3v) is 5.36. The Morgan fingerprint density at radius 3 is 2.55 bits per heavy atom. The summed E-state index contributed by atoms with van der Waals surface area (Å²) in [6.45, 7) is 9.85. The lowest BCUT2D eigenvalue weighted by Crippen LogP contribution is -2.35.